The molecule has 17 nitrogen and oxygen atoms in total. The van der Waals surface area contributed by atoms with E-state index in [0.717, 1.165) is 30.9 Å². The summed E-state index contributed by atoms with van der Waals surface area (Å²) >= 11 is 1.24. The zero-order valence-corrected chi connectivity index (χ0v) is 29.1. The fourth-order valence-corrected chi connectivity index (χ4v) is 6.90. The topological polar surface area (TPSA) is 220 Å². The quantitative estimate of drug-likeness (QED) is 0.233. The Morgan fingerprint density at radius 1 is 1.24 bits per heavy atom. The van der Waals surface area contributed by atoms with Crippen LogP contribution in [0.5, 0.6) is 11.8 Å². The smallest absolute Gasteiger partial charge is 0.337 e. The number of ether oxygens (including phenoxy) is 2. The van der Waals surface area contributed by atoms with Crippen molar-refractivity contribution in [2.24, 2.45) is 10.4 Å². The minimum atomic E-state index is -4.43. The predicted molar refractivity (Wildman–Crippen MR) is 180 cm³/mol. The molecule has 2 aliphatic heterocycles. The van der Waals surface area contributed by atoms with Gasteiger partial charge in [-0.2, -0.15) is 19.3 Å². The van der Waals surface area contributed by atoms with Crippen LogP contribution in [0.1, 0.15) is 35.9 Å². The highest BCUT2D eigenvalue weighted by Gasteiger charge is 2.31. The molecule has 0 saturated heterocycles. The molecule has 3 amide bonds. The Kier molecular flexibility index (Phi) is 10.3. The molecule has 0 radical (unpaired) electrons. The van der Waals surface area contributed by atoms with Crippen LogP contribution in [0, 0.1) is 30.5 Å². The van der Waals surface area contributed by atoms with Gasteiger partial charge in [-0.3, -0.25) is 15.0 Å². The lowest BCUT2D eigenvalue weighted by atomic mass is 9.92. The van der Waals surface area contributed by atoms with Crippen LogP contribution in [0.4, 0.5) is 26.5 Å². The number of urea groups is 1. The first-order valence-corrected chi connectivity index (χ1v) is 17.1. The molecular weight excluding hydrogens is 710 g/mol. The highest BCUT2D eigenvalue weighted by atomic mass is 32.2. The first-order valence-electron chi connectivity index (χ1n) is 14.8. The monoisotopic (exact) mass is 739 g/mol. The summed E-state index contributed by atoms with van der Waals surface area (Å²) in [4.78, 5) is 52.4. The van der Waals surface area contributed by atoms with E-state index in [0.29, 0.717) is 16.2 Å². The lowest BCUT2D eigenvalue weighted by Crippen LogP contribution is -2.39. The Hall–Kier alpha value is -5.94. The number of amides is 3. The van der Waals surface area contributed by atoms with E-state index in [2.05, 4.69) is 49.4 Å². The number of halogens is 1. The van der Waals surface area contributed by atoms with Crippen LogP contribution in [0.25, 0.3) is 0 Å². The maximum Gasteiger partial charge on any atom is 0.337 e. The summed E-state index contributed by atoms with van der Waals surface area (Å²) in [6.45, 7) is 6.58. The summed E-state index contributed by atoms with van der Waals surface area (Å²) < 4.78 is 57.3. The lowest BCUT2D eigenvalue weighted by Gasteiger charge is -2.28. The zero-order chi connectivity index (χ0) is 37.1. The normalized spacial score (nSPS) is 14.6. The summed E-state index contributed by atoms with van der Waals surface area (Å²) in [5.74, 6) is 1.48. The van der Waals surface area contributed by atoms with Gasteiger partial charge in [0.05, 0.1) is 24.9 Å². The number of aromatic nitrogens is 5. The molecule has 266 valence electrons. The van der Waals surface area contributed by atoms with Crippen molar-refractivity contribution in [3.8, 4) is 24.1 Å². The van der Waals surface area contributed by atoms with Crippen molar-refractivity contribution in [1.82, 2.24) is 28.6 Å². The maximum absolute atomic E-state index is 14.5. The zero-order valence-electron chi connectivity index (χ0n) is 27.5. The van der Waals surface area contributed by atoms with Crippen LogP contribution in [-0.4, -0.2) is 75.6 Å². The first-order chi connectivity index (χ1) is 24.1. The molecule has 4 heterocycles. The van der Waals surface area contributed by atoms with Crippen LogP contribution in [0.2, 0.25) is 0 Å². The molecule has 2 aliphatic rings. The Bertz CT molecular complexity index is 2270. The maximum atomic E-state index is 14.5. The Balaban J connectivity index is 0.000000198. The van der Waals surface area contributed by atoms with E-state index in [1.54, 1.807) is 4.72 Å². The summed E-state index contributed by atoms with van der Waals surface area (Å²) in [6.07, 6.45) is 6.22. The molecule has 51 heavy (non-hydrogen) atoms. The third-order valence-corrected chi connectivity index (χ3v) is 9.37. The summed E-state index contributed by atoms with van der Waals surface area (Å²) in [5, 5.41) is 11.2. The molecule has 20 heteroatoms. The number of aromatic carboxylic acids is 1. The average molecular weight is 740 g/mol. The number of sulfonamides is 1. The molecule has 2 aromatic carbocycles. The largest absolute Gasteiger partial charge is 0.481 e. The van der Waals surface area contributed by atoms with Crippen molar-refractivity contribution in [2.75, 3.05) is 30.5 Å². The standard InChI is InChI=1S/C18H17FN4O2S.C13H13N5O6S/c1-4-5-22-13-7-12(11(19)6-14(13)25-9-16(22)24)20-17-23-10-18(2,3)8-15(23)21-26-17;1-7-14-11(17-13(15-7)24-2)16-12(21)18-25(22,23)9-6-4-3-5-8(9)10(19)20/h1,6-7H,5,8-10H2,2-3H3;3-6H,1-2H3,(H,19,20)(H2,14,15,16,17,18,21)/b20-17-;. The van der Waals surface area contributed by atoms with Crippen molar-refractivity contribution < 1.29 is 41.8 Å². The molecule has 0 fully saturated rings. The molecule has 6 rings (SSSR count). The number of terminal acetylenes is 1. The number of carbonyl (C=O) groups excluding carboxylic acids is 2. The van der Waals surface area contributed by atoms with Gasteiger partial charge in [0.15, 0.2) is 12.4 Å². The van der Waals surface area contributed by atoms with Gasteiger partial charge in [-0.1, -0.05) is 31.9 Å². The van der Waals surface area contributed by atoms with Gasteiger partial charge in [-0.15, -0.1) is 6.42 Å². The number of rotatable bonds is 7. The number of nitrogens with one attached hydrogen (secondary N) is 2. The van der Waals surface area contributed by atoms with Crippen molar-refractivity contribution in [3.05, 3.63) is 64.2 Å². The predicted octanol–water partition coefficient (Wildman–Crippen LogP) is 2.65. The number of carbonyl (C=O) groups is 3. The third-order valence-electron chi connectivity index (χ3n) is 7.20. The van der Waals surface area contributed by atoms with E-state index in [-0.39, 0.29) is 47.9 Å². The van der Waals surface area contributed by atoms with E-state index in [1.165, 1.54) is 54.7 Å². The molecule has 3 N–H and O–H groups in total. The van der Waals surface area contributed by atoms with Crippen LogP contribution in [0.15, 0.2) is 46.3 Å². The molecule has 0 atom stereocenters. The van der Waals surface area contributed by atoms with Crippen molar-refractivity contribution >= 4 is 56.8 Å². The van der Waals surface area contributed by atoms with Gasteiger partial charge in [0, 0.05) is 30.6 Å². The van der Waals surface area contributed by atoms with Crippen LogP contribution >= 0.6 is 11.5 Å². The number of aryl methyl sites for hydroxylation is 1. The van der Waals surface area contributed by atoms with Gasteiger partial charge < -0.3 is 19.1 Å². The van der Waals surface area contributed by atoms with Gasteiger partial charge in [0.1, 0.15) is 28.0 Å². The van der Waals surface area contributed by atoms with Crippen molar-refractivity contribution in [1.29, 1.82) is 0 Å². The van der Waals surface area contributed by atoms with Gasteiger partial charge >= 0.3 is 18.0 Å². The van der Waals surface area contributed by atoms with Gasteiger partial charge in [-0.25, -0.2) is 32.1 Å². The molecule has 4 aromatic rings. The molecule has 2 aromatic heterocycles. The molecule has 0 aliphatic carbocycles. The molecule has 0 bridgehead atoms. The fourth-order valence-electron chi connectivity index (χ4n) is 5.03. The van der Waals surface area contributed by atoms with E-state index >= 15 is 0 Å². The van der Waals surface area contributed by atoms with Crippen molar-refractivity contribution in [3.63, 3.8) is 0 Å². The second kappa shape index (κ2) is 14.5. The second-order valence-electron chi connectivity index (χ2n) is 11.7. The number of methoxy groups -OCH3 is 1. The number of carboxylic acid groups (broad SMARTS) is 1. The summed E-state index contributed by atoms with van der Waals surface area (Å²) in [6, 6.07) is 6.38. The average Bonchev–Trinajstić information content (AvgIpc) is 3.57. The SMILES string of the molecule is C#CCN1C(=O)COc2cc(F)c(/N=c3\snc4n3CC(C)(C)C4)cc21.COc1nc(C)nc(NC(=O)NS(=O)(=O)c2ccccc2C(=O)O)n1. The highest BCUT2D eigenvalue weighted by Crippen LogP contribution is 2.37. The Labute approximate surface area is 294 Å². The van der Waals surface area contributed by atoms with E-state index in [9.17, 15) is 27.2 Å². The molecule has 0 spiro atoms. The molecular formula is C31H30FN9O8S2. The van der Waals surface area contributed by atoms with Crippen LogP contribution in [0.3, 0.4) is 0 Å². The number of hydrogen-bond acceptors (Lipinski definition) is 13. The van der Waals surface area contributed by atoms with Gasteiger partial charge in [-0.05, 0) is 30.5 Å². The Morgan fingerprint density at radius 2 is 1.98 bits per heavy atom. The fraction of sp³-hybridized carbons (Fsp3) is 0.290. The minimum absolute atomic E-state index is 0.0677. The highest BCUT2D eigenvalue weighted by molar-refractivity contribution is 7.90. The number of carboxylic acids is 1. The Morgan fingerprint density at radius 3 is 2.69 bits per heavy atom. The second-order valence-corrected chi connectivity index (χ2v) is 14.1. The molecule has 0 saturated carbocycles. The van der Waals surface area contributed by atoms with Crippen molar-refractivity contribution in [2.45, 2.75) is 38.6 Å². The summed E-state index contributed by atoms with van der Waals surface area (Å²) in [7, 11) is -3.11. The number of hydrogen-bond donors (Lipinski definition) is 3. The number of anilines is 2. The van der Waals surface area contributed by atoms with Gasteiger partial charge in [0.25, 0.3) is 15.9 Å². The number of nitrogens with zero attached hydrogens (tertiary/aromatic N) is 7. The van der Waals surface area contributed by atoms with E-state index in [1.807, 2.05) is 4.57 Å². The van der Waals surface area contributed by atoms with E-state index in [4.69, 9.17) is 21.0 Å². The lowest BCUT2D eigenvalue weighted by molar-refractivity contribution is -0.121. The number of benzene rings is 2. The number of fused-ring (bicyclic) bond motifs is 2. The first kappa shape index (κ1) is 36.3. The van der Waals surface area contributed by atoms with Crippen LogP contribution < -0.4 is 29.2 Å². The van der Waals surface area contributed by atoms with Gasteiger partial charge in [0.2, 0.25) is 10.7 Å². The molecule has 0 unspecified atom stereocenters. The van der Waals surface area contributed by atoms with E-state index < -0.39 is 38.3 Å². The van der Waals surface area contributed by atoms with Crippen LogP contribution in [-0.2, 0) is 27.8 Å². The minimum Gasteiger partial charge on any atom is -0.481 e. The third kappa shape index (κ3) is 8.27. The summed E-state index contributed by atoms with van der Waals surface area (Å²) in [5.41, 5.74) is 0.206.